The van der Waals surface area contributed by atoms with Gasteiger partial charge in [0.1, 0.15) is 5.69 Å². The van der Waals surface area contributed by atoms with E-state index in [1.54, 1.807) is 12.3 Å². The molecule has 1 amide bonds. The molecule has 0 aliphatic rings. The van der Waals surface area contributed by atoms with E-state index in [9.17, 15) is 4.79 Å². The number of amides is 1. The number of aryl methyl sites for hydroxylation is 1. The summed E-state index contributed by atoms with van der Waals surface area (Å²) in [4.78, 5) is 15.8. The molecule has 6 nitrogen and oxygen atoms in total. The van der Waals surface area contributed by atoms with Gasteiger partial charge in [-0.05, 0) is 37.0 Å². The van der Waals surface area contributed by atoms with E-state index in [1.165, 1.54) is 5.56 Å². The van der Waals surface area contributed by atoms with Crippen LogP contribution >= 0.6 is 0 Å². The molecule has 0 bridgehead atoms. The number of para-hydroxylation sites is 1. The molecule has 152 valence electrons. The number of nitrogens with zero attached hydrogens (tertiary/aromatic N) is 2. The van der Waals surface area contributed by atoms with Crippen LogP contribution in [-0.4, -0.2) is 27.3 Å². The molecule has 0 radical (unpaired) electrons. The average Bonchev–Trinajstić information content (AvgIpc) is 3.33. The van der Waals surface area contributed by atoms with Gasteiger partial charge in [0.2, 0.25) is 0 Å². The Morgan fingerprint density at radius 1 is 1.17 bits per heavy atom. The third kappa shape index (κ3) is 4.17. The van der Waals surface area contributed by atoms with Gasteiger partial charge in [-0.3, -0.25) is 9.89 Å². The number of nitrogens with one attached hydrogen (secondary N) is 3. The van der Waals surface area contributed by atoms with Gasteiger partial charge in [-0.1, -0.05) is 56.3 Å². The molecule has 4 rings (SSSR count). The number of hydrogen-bond donors (Lipinski definition) is 3. The van der Waals surface area contributed by atoms with Crippen molar-refractivity contribution in [2.75, 3.05) is 0 Å². The van der Waals surface area contributed by atoms with Gasteiger partial charge >= 0.3 is 0 Å². The van der Waals surface area contributed by atoms with Crippen molar-refractivity contribution < 1.29 is 4.79 Å². The Bertz CT molecular complexity index is 1200. The quantitative estimate of drug-likeness (QED) is 0.320. The van der Waals surface area contributed by atoms with Crippen LogP contribution in [0, 0.1) is 12.8 Å². The highest BCUT2D eigenvalue weighted by atomic mass is 16.2. The zero-order chi connectivity index (χ0) is 21.1. The molecule has 2 aromatic carbocycles. The Morgan fingerprint density at radius 2 is 1.93 bits per heavy atom. The van der Waals surface area contributed by atoms with Crippen molar-refractivity contribution in [3.8, 4) is 11.3 Å². The smallest absolute Gasteiger partial charge is 0.289 e. The Hall–Kier alpha value is -3.67. The van der Waals surface area contributed by atoms with Crippen LogP contribution in [0.2, 0.25) is 0 Å². The normalized spacial score (nSPS) is 11.6. The lowest BCUT2D eigenvalue weighted by atomic mass is 10.0. The second-order valence-corrected chi connectivity index (χ2v) is 7.87. The maximum Gasteiger partial charge on any atom is 0.289 e. The molecule has 0 saturated carbocycles. The maximum atomic E-state index is 12.4. The van der Waals surface area contributed by atoms with Gasteiger partial charge in [-0.15, -0.1) is 0 Å². The summed E-state index contributed by atoms with van der Waals surface area (Å²) in [6, 6.07) is 18.0. The summed E-state index contributed by atoms with van der Waals surface area (Å²) in [7, 11) is 0. The number of benzene rings is 2. The molecule has 30 heavy (non-hydrogen) atoms. The van der Waals surface area contributed by atoms with Crippen LogP contribution in [0.25, 0.3) is 22.2 Å². The van der Waals surface area contributed by atoms with Crippen LogP contribution < -0.4 is 5.43 Å². The third-order valence-electron chi connectivity index (χ3n) is 5.02. The van der Waals surface area contributed by atoms with E-state index in [4.69, 9.17) is 0 Å². The van der Waals surface area contributed by atoms with Crippen molar-refractivity contribution in [3.63, 3.8) is 0 Å². The van der Waals surface area contributed by atoms with Gasteiger partial charge in [0, 0.05) is 27.7 Å². The lowest BCUT2D eigenvalue weighted by molar-refractivity contribution is 0.0950. The number of fused-ring (bicyclic) bond motifs is 1. The first-order valence-corrected chi connectivity index (χ1v) is 10.1. The van der Waals surface area contributed by atoms with Gasteiger partial charge in [0.05, 0.1) is 11.9 Å². The van der Waals surface area contributed by atoms with E-state index in [-0.39, 0.29) is 5.91 Å². The molecule has 0 saturated heterocycles. The molecular weight excluding hydrogens is 374 g/mol. The van der Waals surface area contributed by atoms with Crippen LogP contribution in [0.4, 0.5) is 0 Å². The van der Waals surface area contributed by atoms with Crippen LogP contribution in [0.5, 0.6) is 0 Å². The predicted molar refractivity (Wildman–Crippen MR) is 121 cm³/mol. The van der Waals surface area contributed by atoms with Crippen molar-refractivity contribution in [1.82, 2.24) is 20.6 Å². The molecule has 0 unspecified atom stereocenters. The van der Waals surface area contributed by atoms with Gasteiger partial charge in [-0.25, -0.2) is 5.43 Å². The minimum absolute atomic E-state index is 0.334. The van der Waals surface area contributed by atoms with Gasteiger partial charge in [-0.2, -0.15) is 10.2 Å². The highest BCUT2D eigenvalue weighted by Crippen LogP contribution is 2.21. The number of hydrogen-bond acceptors (Lipinski definition) is 3. The molecule has 0 fully saturated rings. The van der Waals surface area contributed by atoms with E-state index in [1.807, 2.05) is 43.3 Å². The van der Waals surface area contributed by atoms with Crippen molar-refractivity contribution >= 4 is 23.0 Å². The number of aromatic amines is 2. The number of carbonyl (C=O) groups is 1. The van der Waals surface area contributed by atoms with Gasteiger partial charge in [0.15, 0.2) is 0 Å². The Kier molecular flexibility index (Phi) is 5.48. The molecule has 2 aromatic heterocycles. The summed E-state index contributed by atoms with van der Waals surface area (Å²) >= 11 is 0. The molecular formula is C24H25N5O. The Labute approximate surface area is 175 Å². The van der Waals surface area contributed by atoms with Crippen molar-refractivity contribution in [3.05, 3.63) is 77.1 Å². The Morgan fingerprint density at radius 3 is 2.70 bits per heavy atom. The zero-order valence-corrected chi connectivity index (χ0v) is 17.4. The monoisotopic (exact) mass is 399 g/mol. The number of hydrazone groups is 1. The number of rotatable bonds is 6. The Balaban J connectivity index is 1.44. The van der Waals surface area contributed by atoms with Crippen LogP contribution in [0.15, 0.2) is 59.7 Å². The summed E-state index contributed by atoms with van der Waals surface area (Å²) in [6.07, 6.45) is 2.71. The number of carbonyl (C=O) groups excluding carboxylic acids is 1. The summed E-state index contributed by atoms with van der Waals surface area (Å²) < 4.78 is 0. The summed E-state index contributed by atoms with van der Waals surface area (Å²) in [5, 5.41) is 12.3. The fourth-order valence-corrected chi connectivity index (χ4v) is 3.55. The zero-order valence-electron chi connectivity index (χ0n) is 17.4. The summed E-state index contributed by atoms with van der Waals surface area (Å²) in [6.45, 7) is 6.39. The highest BCUT2D eigenvalue weighted by molar-refractivity contribution is 6.01. The summed E-state index contributed by atoms with van der Waals surface area (Å²) in [5.41, 5.74) is 8.93. The van der Waals surface area contributed by atoms with Gasteiger partial charge in [0.25, 0.3) is 5.91 Å². The third-order valence-corrected chi connectivity index (χ3v) is 5.02. The fourth-order valence-electron chi connectivity index (χ4n) is 3.55. The fraction of sp³-hybridized carbons (Fsp3) is 0.208. The predicted octanol–water partition coefficient (Wildman–Crippen LogP) is 4.83. The first-order chi connectivity index (χ1) is 14.5. The molecule has 0 spiro atoms. The second kappa shape index (κ2) is 8.37. The van der Waals surface area contributed by atoms with E-state index >= 15 is 0 Å². The topological polar surface area (TPSA) is 85.9 Å². The molecule has 0 atom stereocenters. The SMILES string of the molecule is Cc1[nH]c2ccccc2c1C=NNC(=O)c1cc(-c2ccc(CC(C)C)cc2)n[nH]1. The average molecular weight is 399 g/mol. The van der Waals surface area contributed by atoms with Crippen molar-refractivity contribution in [2.24, 2.45) is 11.0 Å². The van der Waals surface area contributed by atoms with E-state index in [0.717, 1.165) is 39.8 Å². The molecule has 0 aliphatic heterocycles. The molecule has 4 aromatic rings. The first kappa shape index (κ1) is 19.6. The van der Waals surface area contributed by atoms with Crippen molar-refractivity contribution in [1.29, 1.82) is 0 Å². The van der Waals surface area contributed by atoms with Crippen molar-refractivity contribution in [2.45, 2.75) is 27.2 Å². The largest absolute Gasteiger partial charge is 0.358 e. The second-order valence-electron chi connectivity index (χ2n) is 7.87. The maximum absolute atomic E-state index is 12.4. The first-order valence-electron chi connectivity index (χ1n) is 10.1. The molecule has 6 heteroatoms. The minimum Gasteiger partial charge on any atom is -0.358 e. The van der Waals surface area contributed by atoms with E-state index < -0.39 is 0 Å². The number of aromatic nitrogens is 3. The minimum atomic E-state index is -0.334. The van der Waals surface area contributed by atoms with E-state index in [0.29, 0.717) is 11.6 Å². The molecule has 2 heterocycles. The molecule has 3 N–H and O–H groups in total. The molecule has 0 aliphatic carbocycles. The van der Waals surface area contributed by atoms with E-state index in [2.05, 4.69) is 51.7 Å². The van der Waals surface area contributed by atoms with Crippen LogP contribution in [0.1, 0.15) is 41.2 Å². The standard InChI is InChI=1S/C24H25N5O/c1-15(2)12-17-8-10-18(11-9-17)22-13-23(28-27-22)24(30)29-25-14-20-16(3)26-21-7-5-4-6-19(20)21/h4-11,13-15,26H,12H2,1-3H3,(H,27,28)(H,29,30). The van der Waals surface area contributed by atoms with Crippen LogP contribution in [-0.2, 0) is 6.42 Å². The highest BCUT2D eigenvalue weighted by Gasteiger charge is 2.11. The van der Waals surface area contributed by atoms with Crippen LogP contribution in [0.3, 0.4) is 0 Å². The summed E-state index contributed by atoms with van der Waals surface area (Å²) in [5.74, 6) is 0.282. The lowest BCUT2D eigenvalue weighted by Gasteiger charge is -2.05. The number of H-pyrrole nitrogens is 2. The van der Waals surface area contributed by atoms with Gasteiger partial charge < -0.3 is 4.98 Å². The lowest BCUT2D eigenvalue weighted by Crippen LogP contribution is -2.18.